The molecule has 0 aliphatic rings. The summed E-state index contributed by atoms with van der Waals surface area (Å²) in [6.07, 6.45) is 30.4. The maximum absolute atomic E-state index is 11.5. The summed E-state index contributed by atoms with van der Waals surface area (Å²) in [5.74, 6) is -0.496. The minimum atomic E-state index is -4.64. The normalized spacial score (nSPS) is 14.2. The molecule has 0 spiro atoms. The quantitative estimate of drug-likeness (QED) is 0.127. The van der Waals surface area contributed by atoms with Crippen LogP contribution in [0.2, 0.25) is 0 Å². The maximum Gasteiger partial charge on any atom is 0.469 e. The summed E-state index contributed by atoms with van der Waals surface area (Å²) >= 11 is 0. The largest absolute Gasteiger partial charge is 0.469 e. The molecule has 0 aliphatic heterocycles. The van der Waals surface area contributed by atoms with Gasteiger partial charge in [0.25, 0.3) is 0 Å². The Hall–Kier alpha value is -2.02. The number of hydrogen-bond donors (Lipinski definition) is 3. The molecule has 3 N–H and O–H groups in total. The average molecular weight is 483 g/mol. The zero-order valence-corrected chi connectivity index (χ0v) is 20.4. The molecule has 0 bridgehead atoms. The molecule has 0 aromatic heterocycles. The lowest BCUT2D eigenvalue weighted by Gasteiger charge is -2.11. The van der Waals surface area contributed by atoms with Gasteiger partial charge in [-0.05, 0) is 44.9 Å². The molecule has 0 saturated heterocycles. The second-order valence-electron chi connectivity index (χ2n) is 7.08. The number of ether oxygens (including phenoxy) is 1. The molecule has 0 aromatic rings. The zero-order chi connectivity index (χ0) is 24.6. The predicted molar refractivity (Wildman–Crippen MR) is 132 cm³/mol. The van der Waals surface area contributed by atoms with Gasteiger partial charge in [0.05, 0.1) is 6.61 Å². The molecule has 1 unspecified atom stereocenters. The van der Waals surface area contributed by atoms with Crippen molar-refractivity contribution in [3.63, 3.8) is 0 Å². The summed E-state index contributed by atoms with van der Waals surface area (Å²) in [5.41, 5.74) is 0. The van der Waals surface area contributed by atoms with Gasteiger partial charge in [-0.25, -0.2) is 4.57 Å². The molecule has 8 heteroatoms. The van der Waals surface area contributed by atoms with Crippen molar-refractivity contribution in [2.24, 2.45) is 0 Å². The number of esters is 1. The Kier molecular flexibility index (Phi) is 20.5. The molecule has 0 saturated carbocycles. The Morgan fingerprint density at radius 2 is 1.18 bits per heavy atom. The Bertz CT molecular complexity index is 714. The highest BCUT2D eigenvalue weighted by atomic mass is 31.2. The SMILES string of the molecule is CC/C=C\C/C=C\C/C=C\C/C=C\C/C=C\C/C=C\CCC(=O)OCC(O)COP(=O)(O)O. The lowest BCUT2D eigenvalue weighted by Crippen LogP contribution is -2.23. The number of rotatable bonds is 19. The van der Waals surface area contributed by atoms with Crippen LogP contribution in [0.3, 0.4) is 0 Å². The highest BCUT2D eigenvalue weighted by molar-refractivity contribution is 7.46. The first-order chi connectivity index (χ1) is 15.8. The number of phosphoric ester groups is 1. The Labute approximate surface area is 198 Å². The van der Waals surface area contributed by atoms with Gasteiger partial charge in [0, 0.05) is 6.42 Å². The van der Waals surface area contributed by atoms with E-state index in [1.165, 1.54) is 0 Å². The van der Waals surface area contributed by atoms with Crippen molar-refractivity contribution in [2.45, 2.75) is 64.4 Å². The third kappa shape index (κ3) is 26.1. The van der Waals surface area contributed by atoms with E-state index in [0.29, 0.717) is 6.42 Å². The van der Waals surface area contributed by atoms with Gasteiger partial charge in [0.15, 0.2) is 0 Å². The van der Waals surface area contributed by atoms with Crippen LogP contribution in [0.15, 0.2) is 72.9 Å². The van der Waals surface area contributed by atoms with E-state index in [9.17, 15) is 14.5 Å². The second-order valence-corrected chi connectivity index (χ2v) is 8.32. The lowest BCUT2D eigenvalue weighted by atomic mass is 10.2. The van der Waals surface area contributed by atoms with Gasteiger partial charge < -0.3 is 19.6 Å². The van der Waals surface area contributed by atoms with Gasteiger partial charge in [-0.1, -0.05) is 79.8 Å². The van der Waals surface area contributed by atoms with E-state index in [1.54, 1.807) is 0 Å². The topological polar surface area (TPSA) is 113 Å². The van der Waals surface area contributed by atoms with Crippen LogP contribution < -0.4 is 0 Å². The van der Waals surface area contributed by atoms with E-state index in [1.807, 2.05) is 12.2 Å². The summed E-state index contributed by atoms with van der Waals surface area (Å²) in [4.78, 5) is 28.6. The highest BCUT2D eigenvalue weighted by Crippen LogP contribution is 2.35. The first-order valence-electron chi connectivity index (χ1n) is 11.3. The highest BCUT2D eigenvalue weighted by Gasteiger charge is 2.17. The van der Waals surface area contributed by atoms with Crippen molar-refractivity contribution >= 4 is 13.8 Å². The Morgan fingerprint density at radius 3 is 1.61 bits per heavy atom. The summed E-state index contributed by atoms with van der Waals surface area (Å²) in [6, 6.07) is 0. The first kappa shape index (κ1) is 31.0. The van der Waals surface area contributed by atoms with Gasteiger partial charge in [-0.15, -0.1) is 0 Å². The standard InChI is InChI=1S/C25H39O7P/c1-2-3-4-5-6-7-8-9-10-11-12-13-14-15-16-17-18-19-20-21-25(27)31-22-24(26)23-32-33(28,29)30/h3-4,6-7,9-10,12-13,15-16,18-19,24,26H,2,5,8,11,14,17,20-23H2,1H3,(H2,28,29,30)/b4-3-,7-6-,10-9-,13-12-,16-15-,19-18-. The summed E-state index contributed by atoms with van der Waals surface area (Å²) < 4.78 is 19.4. The van der Waals surface area contributed by atoms with Crippen LogP contribution in [0, 0.1) is 0 Å². The van der Waals surface area contributed by atoms with Crippen LogP contribution in [-0.2, 0) is 18.6 Å². The van der Waals surface area contributed by atoms with E-state index in [4.69, 9.17) is 14.5 Å². The smallest absolute Gasteiger partial charge is 0.463 e. The molecule has 7 nitrogen and oxygen atoms in total. The fourth-order valence-corrected chi connectivity index (χ4v) is 2.70. The molecule has 186 valence electrons. The van der Waals surface area contributed by atoms with Crippen molar-refractivity contribution in [3.05, 3.63) is 72.9 Å². The van der Waals surface area contributed by atoms with Gasteiger partial charge in [0.2, 0.25) is 0 Å². The molecule has 0 amide bonds. The van der Waals surface area contributed by atoms with E-state index in [2.05, 4.69) is 72.2 Å². The van der Waals surface area contributed by atoms with Crippen LogP contribution in [-0.4, -0.2) is 40.2 Å². The van der Waals surface area contributed by atoms with Gasteiger partial charge >= 0.3 is 13.8 Å². The molecule has 0 heterocycles. The molecule has 0 radical (unpaired) electrons. The fourth-order valence-electron chi connectivity index (χ4n) is 2.33. The molecule has 1 atom stereocenters. The summed E-state index contributed by atoms with van der Waals surface area (Å²) in [7, 11) is -4.64. The number of allylic oxidation sites excluding steroid dienone is 12. The summed E-state index contributed by atoms with van der Waals surface area (Å²) in [6.45, 7) is 1.15. The number of carbonyl (C=O) groups excluding carboxylic acids is 1. The van der Waals surface area contributed by atoms with Crippen molar-refractivity contribution in [2.75, 3.05) is 13.2 Å². The molecule has 0 aromatic carbocycles. The molecular formula is C25H39O7P. The van der Waals surface area contributed by atoms with Crippen molar-refractivity contribution in [3.8, 4) is 0 Å². The second kappa shape index (κ2) is 21.8. The number of hydrogen-bond acceptors (Lipinski definition) is 5. The van der Waals surface area contributed by atoms with Crippen molar-refractivity contribution in [1.29, 1.82) is 0 Å². The minimum absolute atomic E-state index is 0.161. The third-order valence-corrected chi connectivity index (χ3v) is 4.47. The van der Waals surface area contributed by atoms with Crippen LogP contribution in [0.25, 0.3) is 0 Å². The zero-order valence-electron chi connectivity index (χ0n) is 19.5. The third-order valence-electron chi connectivity index (χ3n) is 3.98. The van der Waals surface area contributed by atoms with E-state index < -0.39 is 26.5 Å². The Balaban J connectivity index is 3.67. The summed E-state index contributed by atoms with van der Waals surface area (Å²) in [5, 5.41) is 9.42. The monoisotopic (exact) mass is 482 g/mol. The van der Waals surface area contributed by atoms with Gasteiger partial charge in [-0.2, -0.15) is 0 Å². The minimum Gasteiger partial charge on any atom is -0.463 e. The van der Waals surface area contributed by atoms with Crippen molar-refractivity contribution < 1.29 is 33.5 Å². The fraction of sp³-hybridized carbons (Fsp3) is 0.480. The predicted octanol–water partition coefficient (Wildman–Crippen LogP) is 5.48. The van der Waals surface area contributed by atoms with Crippen molar-refractivity contribution in [1.82, 2.24) is 0 Å². The number of carbonyl (C=O) groups is 1. The van der Waals surface area contributed by atoms with E-state index >= 15 is 0 Å². The van der Waals surface area contributed by atoms with Crippen LogP contribution in [0.5, 0.6) is 0 Å². The first-order valence-corrected chi connectivity index (χ1v) is 12.8. The average Bonchev–Trinajstić information content (AvgIpc) is 2.77. The number of phosphoric acid groups is 1. The van der Waals surface area contributed by atoms with Gasteiger partial charge in [0.1, 0.15) is 12.7 Å². The lowest BCUT2D eigenvalue weighted by molar-refractivity contribution is -0.147. The van der Waals surface area contributed by atoms with E-state index in [-0.39, 0.29) is 13.0 Å². The number of aliphatic hydroxyl groups excluding tert-OH is 1. The van der Waals surface area contributed by atoms with Crippen LogP contribution in [0.4, 0.5) is 0 Å². The molecular weight excluding hydrogens is 443 g/mol. The molecule has 0 aliphatic carbocycles. The number of aliphatic hydroxyl groups is 1. The maximum atomic E-state index is 11.5. The molecule has 0 rings (SSSR count). The van der Waals surface area contributed by atoms with Gasteiger partial charge in [-0.3, -0.25) is 9.32 Å². The molecule has 0 fully saturated rings. The van der Waals surface area contributed by atoms with Crippen LogP contribution >= 0.6 is 7.82 Å². The van der Waals surface area contributed by atoms with E-state index in [0.717, 1.165) is 38.5 Å². The Morgan fingerprint density at radius 1 is 0.758 bits per heavy atom. The molecule has 33 heavy (non-hydrogen) atoms. The van der Waals surface area contributed by atoms with Crippen LogP contribution in [0.1, 0.15) is 58.3 Å².